The van der Waals surface area contributed by atoms with Gasteiger partial charge in [0.15, 0.2) is 4.77 Å². The average molecular weight is 565 g/mol. The maximum absolute atomic E-state index is 13.1. The molecule has 36 heavy (non-hydrogen) atoms. The lowest BCUT2D eigenvalue weighted by molar-refractivity contribution is 0.0746. The van der Waals surface area contributed by atoms with Crippen LogP contribution >= 0.6 is 28.1 Å². The molecule has 2 heterocycles. The largest absolute Gasteiger partial charge is 0.495 e. The average Bonchev–Trinajstić information content (AvgIpc) is 2.91. The zero-order chi connectivity index (χ0) is 25.2. The number of ether oxygens (including phenoxy) is 1. The highest BCUT2D eigenvalue weighted by Crippen LogP contribution is 2.28. The van der Waals surface area contributed by atoms with Crippen molar-refractivity contribution in [3.63, 3.8) is 0 Å². The highest BCUT2D eigenvalue weighted by Gasteiger charge is 2.23. The van der Waals surface area contributed by atoms with Crippen molar-refractivity contribution in [2.24, 2.45) is 0 Å². The number of piperazine rings is 1. The molecule has 0 unspecified atom stereocenters. The number of fused-ring (bicyclic) bond motifs is 1. The second-order valence-electron chi connectivity index (χ2n) is 8.66. The SMILES string of the molecule is COc1ccccc1N1CCN(C(=O)c2ccc(Cn3c(=S)[nH]c4ccc(Br)cc4c3=O)cc2)CC1. The van der Waals surface area contributed by atoms with Gasteiger partial charge in [0.25, 0.3) is 11.5 Å². The van der Waals surface area contributed by atoms with Gasteiger partial charge in [0.1, 0.15) is 5.75 Å². The van der Waals surface area contributed by atoms with Crippen molar-refractivity contribution >= 4 is 50.6 Å². The Bertz CT molecular complexity index is 1540. The van der Waals surface area contributed by atoms with Crippen LogP contribution in [0.3, 0.4) is 0 Å². The van der Waals surface area contributed by atoms with E-state index in [1.165, 1.54) is 4.57 Å². The van der Waals surface area contributed by atoms with Gasteiger partial charge in [-0.3, -0.25) is 14.2 Å². The first kappa shape index (κ1) is 24.3. The predicted octanol–water partition coefficient (Wildman–Crippen LogP) is 4.84. The van der Waals surface area contributed by atoms with Crippen LogP contribution in [-0.2, 0) is 6.54 Å². The van der Waals surface area contributed by atoms with E-state index in [1.807, 2.05) is 65.6 Å². The Morgan fingerprint density at radius 1 is 1.03 bits per heavy atom. The van der Waals surface area contributed by atoms with Gasteiger partial charge in [0, 0.05) is 36.2 Å². The van der Waals surface area contributed by atoms with Gasteiger partial charge in [0.05, 0.1) is 30.2 Å². The van der Waals surface area contributed by atoms with E-state index in [4.69, 9.17) is 17.0 Å². The van der Waals surface area contributed by atoms with Crippen LogP contribution in [0.4, 0.5) is 5.69 Å². The van der Waals surface area contributed by atoms with E-state index in [-0.39, 0.29) is 11.5 Å². The van der Waals surface area contributed by atoms with Crippen molar-refractivity contribution in [2.75, 3.05) is 38.2 Å². The quantitative estimate of drug-likeness (QED) is 0.351. The van der Waals surface area contributed by atoms with Crippen molar-refractivity contribution in [1.82, 2.24) is 14.5 Å². The summed E-state index contributed by atoms with van der Waals surface area (Å²) in [6.45, 7) is 3.07. The fourth-order valence-corrected chi connectivity index (χ4v) is 5.14. The number of halogens is 1. The van der Waals surface area contributed by atoms with Gasteiger partial charge in [0.2, 0.25) is 0 Å². The van der Waals surface area contributed by atoms with Gasteiger partial charge >= 0.3 is 0 Å². The normalized spacial score (nSPS) is 13.7. The molecule has 1 fully saturated rings. The number of benzene rings is 3. The van der Waals surface area contributed by atoms with Gasteiger partial charge in [-0.15, -0.1) is 0 Å². The lowest BCUT2D eigenvalue weighted by atomic mass is 10.1. The van der Waals surface area contributed by atoms with Crippen molar-refractivity contribution in [3.05, 3.63) is 97.5 Å². The fourth-order valence-electron chi connectivity index (χ4n) is 4.53. The Hall–Kier alpha value is -3.43. The summed E-state index contributed by atoms with van der Waals surface area (Å²) in [7, 11) is 1.67. The van der Waals surface area contributed by atoms with Crippen molar-refractivity contribution in [1.29, 1.82) is 0 Å². The number of nitrogens with one attached hydrogen (secondary N) is 1. The number of amides is 1. The molecule has 0 aliphatic carbocycles. The van der Waals surface area contributed by atoms with Crippen LogP contribution in [0.25, 0.3) is 10.9 Å². The lowest BCUT2D eigenvalue weighted by Gasteiger charge is -2.36. The van der Waals surface area contributed by atoms with Crippen LogP contribution in [0, 0.1) is 4.77 Å². The van der Waals surface area contributed by atoms with E-state index in [1.54, 1.807) is 13.2 Å². The molecule has 184 valence electrons. The van der Waals surface area contributed by atoms with Crippen LogP contribution < -0.4 is 15.2 Å². The number of carbonyl (C=O) groups is 1. The molecule has 1 aliphatic heterocycles. The highest BCUT2D eigenvalue weighted by molar-refractivity contribution is 9.10. The second kappa shape index (κ2) is 10.3. The molecule has 4 aromatic rings. The number of carbonyl (C=O) groups excluding carboxylic acids is 1. The van der Waals surface area contributed by atoms with Gasteiger partial charge in [-0.05, 0) is 60.2 Å². The first-order valence-electron chi connectivity index (χ1n) is 11.6. The first-order valence-corrected chi connectivity index (χ1v) is 12.8. The van der Waals surface area contributed by atoms with E-state index in [0.29, 0.717) is 40.9 Å². The number of rotatable bonds is 5. The number of aromatic amines is 1. The monoisotopic (exact) mass is 564 g/mol. The van der Waals surface area contributed by atoms with Gasteiger partial charge in [-0.25, -0.2) is 0 Å². The zero-order valence-electron chi connectivity index (χ0n) is 19.7. The van der Waals surface area contributed by atoms with E-state index in [0.717, 1.165) is 34.6 Å². The Morgan fingerprint density at radius 2 is 1.75 bits per heavy atom. The summed E-state index contributed by atoms with van der Waals surface area (Å²) >= 11 is 8.86. The summed E-state index contributed by atoms with van der Waals surface area (Å²) in [5.74, 6) is 0.845. The van der Waals surface area contributed by atoms with E-state index in [9.17, 15) is 9.59 Å². The summed E-state index contributed by atoms with van der Waals surface area (Å²) in [5.41, 5.74) is 3.12. The van der Waals surface area contributed by atoms with E-state index >= 15 is 0 Å². The summed E-state index contributed by atoms with van der Waals surface area (Å²) in [4.78, 5) is 33.4. The summed E-state index contributed by atoms with van der Waals surface area (Å²) in [6.07, 6.45) is 0. The Balaban J connectivity index is 1.28. The molecule has 0 spiro atoms. The molecule has 3 aromatic carbocycles. The Morgan fingerprint density at radius 3 is 2.47 bits per heavy atom. The molecule has 1 aliphatic rings. The third kappa shape index (κ3) is 4.81. The number of hydrogen-bond donors (Lipinski definition) is 1. The molecule has 7 nitrogen and oxygen atoms in total. The van der Waals surface area contributed by atoms with Crippen LogP contribution in [0.5, 0.6) is 5.75 Å². The van der Waals surface area contributed by atoms with Crippen LogP contribution in [-0.4, -0.2) is 53.6 Å². The molecule has 0 atom stereocenters. The molecule has 1 aromatic heterocycles. The minimum Gasteiger partial charge on any atom is -0.495 e. The number of anilines is 1. The number of hydrogen-bond acceptors (Lipinski definition) is 5. The molecule has 0 radical (unpaired) electrons. The van der Waals surface area contributed by atoms with E-state index < -0.39 is 0 Å². The van der Waals surface area contributed by atoms with Crippen LogP contribution in [0.1, 0.15) is 15.9 Å². The molecular formula is C27H25BrN4O3S. The van der Waals surface area contributed by atoms with Crippen LogP contribution in [0.15, 0.2) is 76.0 Å². The van der Waals surface area contributed by atoms with Gasteiger partial charge in [-0.1, -0.05) is 40.2 Å². The number of H-pyrrole nitrogens is 1. The predicted molar refractivity (Wildman–Crippen MR) is 148 cm³/mol. The van der Waals surface area contributed by atoms with Crippen LogP contribution in [0.2, 0.25) is 0 Å². The van der Waals surface area contributed by atoms with Crippen molar-refractivity contribution < 1.29 is 9.53 Å². The van der Waals surface area contributed by atoms with Crippen molar-refractivity contribution in [3.8, 4) is 5.75 Å². The minimum absolute atomic E-state index is 0.00578. The third-order valence-corrected chi connectivity index (χ3v) is 7.29. The number of para-hydroxylation sites is 2. The molecule has 0 bridgehead atoms. The standard InChI is InChI=1S/C27H25BrN4O3S/c1-35-24-5-3-2-4-23(24)30-12-14-31(15-13-30)25(33)19-8-6-18(7-9-19)17-32-26(34)21-16-20(28)10-11-22(21)29-27(32)36/h2-11,16H,12-15,17H2,1H3,(H,29,36). The maximum Gasteiger partial charge on any atom is 0.262 e. The summed E-state index contributed by atoms with van der Waals surface area (Å²) in [5, 5.41) is 0.567. The molecule has 5 rings (SSSR count). The van der Waals surface area contributed by atoms with E-state index in [2.05, 4.69) is 25.8 Å². The first-order chi connectivity index (χ1) is 17.4. The molecule has 1 amide bonds. The van der Waals surface area contributed by atoms with Crippen molar-refractivity contribution in [2.45, 2.75) is 6.54 Å². The molecular weight excluding hydrogens is 540 g/mol. The molecule has 1 N–H and O–H groups in total. The highest BCUT2D eigenvalue weighted by atomic mass is 79.9. The Kier molecular flexibility index (Phi) is 6.93. The zero-order valence-corrected chi connectivity index (χ0v) is 22.1. The smallest absolute Gasteiger partial charge is 0.262 e. The fraction of sp³-hybridized carbons (Fsp3) is 0.222. The Labute approximate surface area is 222 Å². The molecule has 1 saturated heterocycles. The number of methoxy groups -OCH3 is 1. The summed E-state index contributed by atoms with van der Waals surface area (Å²) in [6, 6.07) is 20.8. The lowest BCUT2D eigenvalue weighted by Crippen LogP contribution is -2.48. The molecule has 0 saturated carbocycles. The second-order valence-corrected chi connectivity index (χ2v) is 9.96. The molecule has 9 heteroatoms. The topological polar surface area (TPSA) is 70.6 Å². The maximum atomic E-state index is 13.1. The number of nitrogens with zero attached hydrogens (tertiary/aromatic N) is 3. The third-order valence-electron chi connectivity index (χ3n) is 6.48. The minimum atomic E-state index is -0.150. The van der Waals surface area contributed by atoms with Gasteiger partial charge in [-0.2, -0.15) is 0 Å². The van der Waals surface area contributed by atoms with Gasteiger partial charge < -0.3 is 19.5 Å². The number of aromatic nitrogens is 2. The summed E-state index contributed by atoms with van der Waals surface area (Å²) < 4.78 is 8.22.